The molecule has 0 N–H and O–H groups in total. The molecule has 0 unspecified atom stereocenters. The highest BCUT2D eigenvalue weighted by Gasteiger charge is 2.37. The van der Waals surface area contributed by atoms with Crippen molar-refractivity contribution in [1.29, 1.82) is 0 Å². The molecular weight excluding hydrogens is 657 g/mol. The molecule has 0 saturated carbocycles. The van der Waals surface area contributed by atoms with Gasteiger partial charge in [0.15, 0.2) is 5.82 Å². The maximum Gasteiger partial charge on any atom is 0.161 e. The van der Waals surface area contributed by atoms with Gasteiger partial charge >= 0.3 is 0 Å². The van der Waals surface area contributed by atoms with E-state index in [0.717, 1.165) is 39.3 Å². The molecular formula is C50H42N2Si. The highest BCUT2D eigenvalue weighted by molar-refractivity contribution is 6.88. The Morgan fingerprint density at radius 2 is 0.962 bits per heavy atom. The van der Waals surface area contributed by atoms with Crippen LogP contribution in [0.1, 0.15) is 25.0 Å². The lowest BCUT2D eigenvalue weighted by Crippen LogP contribution is -2.37. The average molecular weight is 699 g/mol. The van der Waals surface area contributed by atoms with E-state index in [0.29, 0.717) is 0 Å². The van der Waals surface area contributed by atoms with Crippen molar-refractivity contribution in [3.63, 3.8) is 0 Å². The van der Waals surface area contributed by atoms with Gasteiger partial charge in [-0.2, -0.15) is 0 Å². The van der Waals surface area contributed by atoms with Gasteiger partial charge in [0, 0.05) is 22.1 Å². The molecule has 0 amide bonds. The highest BCUT2D eigenvalue weighted by atomic mass is 28.3. The Morgan fingerprint density at radius 3 is 1.58 bits per heavy atom. The molecule has 1 heterocycles. The lowest BCUT2D eigenvalue weighted by Gasteiger charge is -2.22. The molecule has 256 valence electrons. The molecule has 53 heavy (non-hydrogen) atoms. The average Bonchev–Trinajstić information content (AvgIpc) is 3.43. The van der Waals surface area contributed by atoms with E-state index in [1.807, 2.05) is 12.1 Å². The topological polar surface area (TPSA) is 25.8 Å². The minimum atomic E-state index is -1.38. The number of fused-ring (bicyclic) bond motifs is 4. The number of nitrogens with zero attached hydrogens (tertiary/aromatic N) is 2. The number of aromatic nitrogens is 2. The minimum absolute atomic E-state index is 0.135. The van der Waals surface area contributed by atoms with Gasteiger partial charge in [-0.1, -0.05) is 184 Å². The van der Waals surface area contributed by atoms with E-state index in [-0.39, 0.29) is 5.41 Å². The fourth-order valence-electron chi connectivity index (χ4n) is 8.17. The lowest BCUT2D eigenvalue weighted by molar-refractivity contribution is 0.661. The van der Waals surface area contributed by atoms with Crippen molar-refractivity contribution in [1.82, 2.24) is 9.97 Å². The molecule has 7 aromatic carbocycles. The summed E-state index contributed by atoms with van der Waals surface area (Å²) >= 11 is 0. The fraction of sp³-hybridized carbons (Fsp3) is 0.120. The number of rotatable bonds is 6. The van der Waals surface area contributed by atoms with Crippen molar-refractivity contribution in [3.05, 3.63) is 175 Å². The summed E-state index contributed by atoms with van der Waals surface area (Å²) in [7, 11) is -1.38. The molecule has 2 nitrogen and oxygen atoms in total. The van der Waals surface area contributed by atoms with Crippen molar-refractivity contribution >= 4 is 24.0 Å². The number of hydrogen-bond donors (Lipinski definition) is 0. The fourth-order valence-corrected chi connectivity index (χ4v) is 9.34. The SMILES string of the molecule is CC1(C)c2cc(-c3ccc(-c4nc(-c5ccccc5)cc(-c5ccccc5)n4)c4ccccc34)ccc2-c2c(-c3ccc([Si](C)(C)C)cc3)cccc21. The van der Waals surface area contributed by atoms with Crippen LogP contribution >= 0.6 is 0 Å². The molecule has 9 rings (SSSR count). The zero-order valence-electron chi connectivity index (χ0n) is 31.0. The van der Waals surface area contributed by atoms with Gasteiger partial charge in [0.1, 0.15) is 0 Å². The standard InChI is InChI=1S/C50H42N2Si/c1-50(2)44-22-14-21-39(33-23-26-37(27-24-33)53(3,4)5)48(44)43-28-25-36(31-45(43)50)38-29-30-42(41-20-13-12-19-40(38)41)49-51-46(34-15-8-6-9-16-34)32-47(52-49)35-17-10-7-11-18-35/h6-32H,1-5H3. The molecule has 1 aliphatic rings. The summed E-state index contributed by atoms with van der Waals surface area (Å²) in [6.07, 6.45) is 0. The Bertz CT molecular complexity index is 2590. The van der Waals surface area contributed by atoms with Crippen LogP contribution in [-0.4, -0.2) is 18.0 Å². The molecule has 0 atom stereocenters. The molecule has 3 heteroatoms. The van der Waals surface area contributed by atoms with Crippen molar-refractivity contribution in [3.8, 4) is 67.3 Å². The van der Waals surface area contributed by atoms with Gasteiger partial charge in [0.25, 0.3) is 0 Å². The van der Waals surface area contributed by atoms with E-state index >= 15 is 0 Å². The van der Waals surface area contributed by atoms with Crippen molar-refractivity contribution in [2.75, 3.05) is 0 Å². The molecule has 8 aromatic rings. The van der Waals surface area contributed by atoms with Crippen LogP contribution in [0, 0.1) is 0 Å². The molecule has 1 aliphatic carbocycles. The zero-order chi connectivity index (χ0) is 36.3. The first-order chi connectivity index (χ1) is 25.7. The molecule has 0 spiro atoms. The van der Waals surface area contributed by atoms with E-state index in [2.05, 4.69) is 185 Å². The van der Waals surface area contributed by atoms with Crippen LogP contribution in [0.5, 0.6) is 0 Å². The minimum Gasteiger partial charge on any atom is -0.228 e. The molecule has 0 radical (unpaired) electrons. The van der Waals surface area contributed by atoms with E-state index in [1.54, 1.807) is 0 Å². The van der Waals surface area contributed by atoms with Gasteiger partial charge in [0.05, 0.1) is 19.5 Å². The van der Waals surface area contributed by atoms with Crippen LogP contribution in [0.15, 0.2) is 164 Å². The Balaban J connectivity index is 1.17. The summed E-state index contributed by atoms with van der Waals surface area (Å²) in [4.78, 5) is 10.4. The third-order valence-corrected chi connectivity index (χ3v) is 13.2. The normalized spacial score (nSPS) is 13.2. The van der Waals surface area contributed by atoms with Crippen LogP contribution in [-0.2, 0) is 5.41 Å². The third kappa shape index (κ3) is 5.73. The second-order valence-corrected chi connectivity index (χ2v) is 20.9. The van der Waals surface area contributed by atoms with Crippen LogP contribution in [0.3, 0.4) is 0 Å². The molecule has 0 aliphatic heterocycles. The van der Waals surface area contributed by atoms with Gasteiger partial charge in [-0.05, 0) is 73.5 Å². The summed E-state index contributed by atoms with van der Waals surface area (Å²) in [5.41, 5.74) is 15.3. The van der Waals surface area contributed by atoms with Gasteiger partial charge in [-0.3, -0.25) is 0 Å². The van der Waals surface area contributed by atoms with Crippen molar-refractivity contribution < 1.29 is 0 Å². The second-order valence-electron chi connectivity index (χ2n) is 15.8. The predicted molar refractivity (Wildman–Crippen MR) is 227 cm³/mol. The van der Waals surface area contributed by atoms with Gasteiger partial charge in [-0.15, -0.1) is 0 Å². The summed E-state index contributed by atoms with van der Waals surface area (Å²) in [6.45, 7) is 12.0. The number of benzene rings is 7. The third-order valence-electron chi connectivity index (χ3n) is 11.1. The Hall–Kier alpha value is -5.90. The zero-order valence-corrected chi connectivity index (χ0v) is 32.0. The largest absolute Gasteiger partial charge is 0.228 e. The van der Waals surface area contributed by atoms with E-state index < -0.39 is 8.07 Å². The quantitative estimate of drug-likeness (QED) is 0.162. The van der Waals surface area contributed by atoms with Gasteiger partial charge in [-0.25, -0.2) is 9.97 Å². The van der Waals surface area contributed by atoms with Crippen LogP contribution in [0.4, 0.5) is 0 Å². The van der Waals surface area contributed by atoms with Crippen LogP contribution < -0.4 is 5.19 Å². The van der Waals surface area contributed by atoms with Gasteiger partial charge in [0.2, 0.25) is 0 Å². The summed E-state index contributed by atoms with van der Waals surface area (Å²) < 4.78 is 0. The summed E-state index contributed by atoms with van der Waals surface area (Å²) in [6, 6.07) is 59.4. The predicted octanol–water partition coefficient (Wildman–Crippen LogP) is 12.8. The summed E-state index contributed by atoms with van der Waals surface area (Å²) in [5.74, 6) is 0.726. The summed E-state index contributed by atoms with van der Waals surface area (Å²) in [5, 5.41) is 3.82. The van der Waals surface area contributed by atoms with E-state index in [1.165, 1.54) is 55.1 Å². The van der Waals surface area contributed by atoms with Crippen molar-refractivity contribution in [2.24, 2.45) is 0 Å². The maximum atomic E-state index is 5.18. The Morgan fingerprint density at radius 1 is 0.415 bits per heavy atom. The van der Waals surface area contributed by atoms with Crippen LogP contribution in [0.25, 0.3) is 78.1 Å². The molecule has 1 aromatic heterocycles. The second kappa shape index (κ2) is 12.6. The van der Waals surface area contributed by atoms with Crippen LogP contribution in [0.2, 0.25) is 19.6 Å². The first-order valence-electron chi connectivity index (χ1n) is 18.6. The monoisotopic (exact) mass is 698 g/mol. The maximum absolute atomic E-state index is 5.18. The van der Waals surface area contributed by atoms with Gasteiger partial charge < -0.3 is 0 Å². The first-order valence-corrected chi connectivity index (χ1v) is 22.1. The first kappa shape index (κ1) is 33.0. The molecule has 0 bridgehead atoms. The molecule has 0 fully saturated rings. The Labute approximate surface area is 313 Å². The highest BCUT2D eigenvalue weighted by Crippen LogP contribution is 2.53. The van der Waals surface area contributed by atoms with E-state index in [9.17, 15) is 0 Å². The lowest BCUT2D eigenvalue weighted by atomic mass is 9.81. The van der Waals surface area contributed by atoms with Crippen molar-refractivity contribution in [2.45, 2.75) is 38.9 Å². The smallest absolute Gasteiger partial charge is 0.161 e. The Kier molecular flexibility index (Phi) is 7.87. The molecule has 0 saturated heterocycles. The number of hydrogen-bond acceptors (Lipinski definition) is 2. The van der Waals surface area contributed by atoms with E-state index in [4.69, 9.17) is 9.97 Å².